The van der Waals surface area contributed by atoms with Crippen LogP contribution in [0.25, 0.3) is 0 Å². The van der Waals surface area contributed by atoms with E-state index in [0.717, 1.165) is 22.3 Å². The lowest BCUT2D eigenvalue weighted by atomic mass is 9.94. The Hall–Kier alpha value is -3.67. The van der Waals surface area contributed by atoms with Gasteiger partial charge >= 0.3 is 0 Å². The van der Waals surface area contributed by atoms with E-state index in [2.05, 4.69) is 26.6 Å². The van der Waals surface area contributed by atoms with Crippen LogP contribution in [0.5, 0.6) is 11.5 Å². The third-order valence-corrected chi connectivity index (χ3v) is 10.1. The Morgan fingerprint density at radius 3 is 2.55 bits per heavy atom. The quantitative estimate of drug-likeness (QED) is 0.129. The van der Waals surface area contributed by atoms with E-state index in [1.165, 1.54) is 11.8 Å². The maximum absolute atomic E-state index is 14.1. The van der Waals surface area contributed by atoms with E-state index in [4.69, 9.17) is 54.4 Å². The highest BCUT2D eigenvalue weighted by molar-refractivity contribution is 9.10. The van der Waals surface area contributed by atoms with Gasteiger partial charge in [0.2, 0.25) is 11.1 Å². The minimum absolute atomic E-state index is 0.184. The van der Waals surface area contributed by atoms with Crippen LogP contribution in [0.1, 0.15) is 42.1 Å². The van der Waals surface area contributed by atoms with Crippen molar-refractivity contribution in [2.45, 2.75) is 44.3 Å². The van der Waals surface area contributed by atoms with Crippen molar-refractivity contribution >= 4 is 80.0 Å². The second-order valence-corrected chi connectivity index (χ2v) is 14.3. The highest BCUT2D eigenvalue weighted by Gasteiger charge is 2.35. The number of thioether (sulfide) groups is 1. The molecule has 1 atom stereocenters. The molecule has 0 spiro atoms. The molecule has 0 saturated carbocycles. The molecule has 0 saturated heterocycles. The Morgan fingerprint density at radius 2 is 1.80 bits per heavy atom. The van der Waals surface area contributed by atoms with Crippen molar-refractivity contribution in [3.8, 4) is 11.5 Å². The summed E-state index contributed by atoms with van der Waals surface area (Å²) in [5.41, 5.74) is 5.30. The molecular weight excluding hydrogens is 769 g/mol. The van der Waals surface area contributed by atoms with E-state index in [1.807, 2.05) is 87.5 Å². The fraction of sp³-hybridized carbons (Fsp3) is 0.194. The van der Waals surface area contributed by atoms with Gasteiger partial charge in [-0.15, -0.1) is 5.10 Å². The van der Waals surface area contributed by atoms with Crippen LogP contribution in [0.4, 0.5) is 11.6 Å². The van der Waals surface area contributed by atoms with E-state index >= 15 is 0 Å². The number of fused-ring (bicyclic) bond motifs is 1. The van der Waals surface area contributed by atoms with Gasteiger partial charge in [0.15, 0.2) is 11.5 Å². The fourth-order valence-corrected chi connectivity index (χ4v) is 7.56. The largest absolute Gasteiger partial charge is 0.490 e. The first-order valence-electron chi connectivity index (χ1n) is 15.3. The first-order chi connectivity index (χ1) is 23.6. The van der Waals surface area contributed by atoms with Crippen molar-refractivity contribution in [1.82, 2.24) is 14.8 Å². The monoisotopic (exact) mass is 797 g/mol. The molecule has 1 unspecified atom stereocenters. The molecule has 0 bridgehead atoms. The Bertz CT molecular complexity index is 2070. The number of carbonyl (C=O) groups is 1. The molecule has 0 fully saturated rings. The topological polar surface area (TPSA) is 90.3 Å². The Kier molecular flexibility index (Phi) is 11.1. The van der Waals surface area contributed by atoms with Crippen LogP contribution in [-0.2, 0) is 17.2 Å². The zero-order chi connectivity index (χ0) is 34.7. The van der Waals surface area contributed by atoms with Gasteiger partial charge in [0, 0.05) is 37.8 Å². The van der Waals surface area contributed by atoms with Crippen LogP contribution in [0.3, 0.4) is 0 Å². The summed E-state index contributed by atoms with van der Waals surface area (Å²) in [6, 6.07) is 23.7. The minimum Gasteiger partial charge on any atom is -0.490 e. The Labute approximate surface area is 312 Å². The number of anilines is 2. The predicted molar refractivity (Wildman–Crippen MR) is 201 cm³/mol. The molecule has 1 aliphatic rings. The lowest BCUT2D eigenvalue weighted by Crippen LogP contribution is -2.31. The minimum atomic E-state index is -0.668. The number of aromatic nitrogens is 3. The number of benzene rings is 4. The number of ether oxygens (including phenoxy) is 2. The number of allylic oxidation sites excluding steroid dienone is 1. The molecule has 5 aromatic rings. The number of halogens is 4. The first-order valence-corrected chi connectivity index (χ1v) is 18.2. The molecule has 49 heavy (non-hydrogen) atoms. The van der Waals surface area contributed by atoms with Crippen LogP contribution < -0.4 is 20.1 Å². The smallest absolute Gasteiger partial charge is 0.255 e. The molecule has 1 aliphatic heterocycles. The number of nitrogens with one attached hydrogen (secondary N) is 2. The molecule has 6 rings (SSSR count). The van der Waals surface area contributed by atoms with Gasteiger partial charge in [-0.3, -0.25) is 4.79 Å². The van der Waals surface area contributed by atoms with Gasteiger partial charge in [-0.1, -0.05) is 83.0 Å². The van der Waals surface area contributed by atoms with Gasteiger partial charge in [0.05, 0.1) is 16.7 Å². The normalized spacial score (nSPS) is 13.9. The van der Waals surface area contributed by atoms with Crippen LogP contribution in [0.2, 0.25) is 15.1 Å². The maximum atomic E-state index is 14.1. The molecule has 252 valence electrons. The lowest BCUT2D eigenvalue weighted by Gasteiger charge is -2.29. The summed E-state index contributed by atoms with van der Waals surface area (Å²) in [6.45, 7) is 6.30. The molecule has 0 aliphatic carbocycles. The van der Waals surface area contributed by atoms with Crippen LogP contribution in [-0.4, -0.2) is 27.3 Å². The standard InChI is InChI=1S/C36H31BrCl3N5O3S/c1-4-47-30-16-24(15-27(37)33(30)48-18-22-12-13-25(38)17-29(22)40)32-31(34(46)42-26-10-7-8-20(2)14-26)21(3)41-35-43-36(44-45(32)35)49-19-23-9-5-6-11-28(23)39/h5-17,32H,4,18-19H2,1-3H3,(H,42,46)(H,41,43,44). The van der Waals surface area contributed by atoms with Crippen LogP contribution in [0.15, 0.2) is 99.8 Å². The summed E-state index contributed by atoms with van der Waals surface area (Å²) in [6.07, 6.45) is 0. The average Bonchev–Trinajstić information content (AvgIpc) is 3.46. The summed E-state index contributed by atoms with van der Waals surface area (Å²) in [4.78, 5) is 18.9. The van der Waals surface area contributed by atoms with Gasteiger partial charge in [-0.2, -0.15) is 4.98 Å². The van der Waals surface area contributed by atoms with Crippen LogP contribution in [0, 0.1) is 6.92 Å². The summed E-state index contributed by atoms with van der Waals surface area (Å²) >= 11 is 24.1. The fourth-order valence-electron chi connectivity index (χ4n) is 5.41. The predicted octanol–water partition coefficient (Wildman–Crippen LogP) is 10.5. The number of hydrogen-bond donors (Lipinski definition) is 2. The van der Waals surface area contributed by atoms with Gasteiger partial charge < -0.3 is 20.1 Å². The van der Waals surface area contributed by atoms with Crippen molar-refractivity contribution in [1.29, 1.82) is 0 Å². The molecule has 4 aromatic carbocycles. The highest BCUT2D eigenvalue weighted by Crippen LogP contribution is 2.44. The lowest BCUT2D eigenvalue weighted by molar-refractivity contribution is -0.113. The zero-order valence-electron chi connectivity index (χ0n) is 26.7. The molecule has 1 amide bonds. The molecule has 0 radical (unpaired) electrons. The van der Waals surface area contributed by atoms with E-state index in [1.54, 1.807) is 16.8 Å². The third kappa shape index (κ3) is 8.05. The number of hydrogen-bond acceptors (Lipinski definition) is 7. The molecule has 8 nitrogen and oxygen atoms in total. The Balaban J connectivity index is 1.39. The summed E-state index contributed by atoms with van der Waals surface area (Å²) in [7, 11) is 0. The highest BCUT2D eigenvalue weighted by atomic mass is 79.9. The summed E-state index contributed by atoms with van der Waals surface area (Å²) in [5.74, 6) is 1.78. The zero-order valence-corrected chi connectivity index (χ0v) is 31.4. The summed E-state index contributed by atoms with van der Waals surface area (Å²) < 4.78 is 14.7. The summed E-state index contributed by atoms with van der Waals surface area (Å²) in [5, 5.41) is 13.5. The van der Waals surface area contributed by atoms with Gasteiger partial charge in [0.1, 0.15) is 12.6 Å². The van der Waals surface area contributed by atoms with Gasteiger partial charge in [0.25, 0.3) is 5.91 Å². The number of aryl methyl sites for hydroxylation is 1. The molecular formula is C36H31BrCl3N5O3S. The molecule has 2 heterocycles. The SMILES string of the molecule is CCOc1cc(C2C(C(=O)Nc3cccc(C)c3)=C(C)Nc3nc(SCc4ccccc4Cl)nn32)cc(Br)c1OCc1ccc(Cl)cc1Cl. The second kappa shape index (κ2) is 15.5. The second-order valence-electron chi connectivity index (χ2n) is 11.2. The van der Waals surface area contributed by atoms with E-state index in [-0.39, 0.29) is 12.5 Å². The first kappa shape index (κ1) is 35.2. The van der Waals surface area contributed by atoms with Gasteiger partial charge in [-0.05, 0) is 95.9 Å². The van der Waals surface area contributed by atoms with Crippen molar-refractivity contribution in [3.05, 3.63) is 132 Å². The number of rotatable bonds is 11. The Morgan fingerprint density at radius 1 is 0.980 bits per heavy atom. The number of nitrogens with zero attached hydrogens (tertiary/aromatic N) is 3. The van der Waals surface area contributed by atoms with Crippen molar-refractivity contribution < 1.29 is 14.3 Å². The van der Waals surface area contributed by atoms with E-state index < -0.39 is 6.04 Å². The molecule has 2 N–H and O–H groups in total. The van der Waals surface area contributed by atoms with Crippen LogP contribution >= 0.6 is 62.5 Å². The van der Waals surface area contributed by atoms with Crippen molar-refractivity contribution in [3.63, 3.8) is 0 Å². The third-order valence-electron chi connectivity index (χ3n) is 7.70. The number of amides is 1. The molecule has 13 heteroatoms. The van der Waals surface area contributed by atoms with Gasteiger partial charge in [-0.25, -0.2) is 4.68 Å². The number of carbonyl (C=O) groups excluding carboxylic acids is 1. The molecule has 1 aromatic heterocycles. The van der Waals surface area contributed by atoms with Crippen molar-refractivity contribution in [2.24, 2.45) is 0 Å². The maximum Gasteiger partial charge on any atom is 0.255 e. The van der Waals surface area contributed by atoms with Crippen molar-refractivity contribution in [2.75, 3.05) is 17.2 Å². The van der Waals surface area contributed by atoms with E-state index in [9.17, 15) is 4.79 Å². The van der Waals surface area contributed by atoms with E-state index in [0.29, 0.717) is 71.5 Å². The average molecular weight is 800 g/mol.